The molecule has 0 amide bonds. The number of carbonyl (C=O) groups excluding carboxylic acids is 1. The number of ketones is 1. The van der Waals surface area contributed by atoms with Gasteiger partial charge in [0.25, 0.3) is 0 Å². The topological polar surface area (TPSA) is 17.1 Å². The standard InChI is InChI=1S/C15H24O/c1-2-3-12-4-6-13(7-5-12)14-8-10-15(16)11-9-14/h8,10,12-14H,2-7,9,11H2,1H3/t12-,13-,14?. The lowest BCUT2D eigenvalue weighted by atomic mass is 9.72. The van der Waals surface area contributed by atoms with Crippen LogP contribution in [-0.4, -0.2) is 5.78 Å². The van der Waals surface area contributed by atoms with E-state index in [2.05, 4.69) is 13.0 Å². The molecular weight excluding hydrogens is 196 g/mol. The second-order valence-corrected chi connectivity index (χ2v) is 5.60. The van der Waals surface area contributed by atoms with Crippen LogP contribution in [-0.2, 0) is 4.79 Å². The number of carbonyl (C=O) groups is 1. The largest absolute Gasteiger partial charge is 0.295 e. The minimum absolute atomic E-state index is 0.330. The van der Waals surface area contributed by atoms with Gasteiger partial charge in [0, 0.05) is 6.42 Å². The van der Waals surface area contributed by atoms with Crippen LogP contribution in [0.15, 0.2) is 12.2 Å². The highest BCUT2D eigenvalue weighted by Gasteiger charge is 2.27. The third-order valence-corrected chi connectivity index (χ3v) is 4.45. The van der Waals surface area contributed by atoms with E-state index in [-0.39, 0.29) is 0 Å². The van der Waals surface area contributed by atoms with E-state index in [0.717, 1.165) is 24.7 Å². The fourth-order valence-corrected chi connectivity index (χ4v) is 3.43. The van der Waals surface area contributed by atoms with E-state index in [9.17, 15) is 4.79 Å². The quantitative estimate of drug-likeness (QED) is 0.699. The van der Waals surface area contributed by atoms with Crippen molar-refractivity contribution in [3.8, 4) is 0 Å². The van der Waals surface area contributed by atoms with Crippen LogP contribution in [0.3, 0.4) is 0 Å². The molecule has 0 aromatic rings. The summed E-state index contributed by atoms with van der Waals surface area (Å²) in [5, 5.41) is 0. The van der Waals surface area contributed by atoms with Gasteiger partial charge in [-0.05, 0) is 43.1 Å². The Bertz CT molecular complexity index is 259. The molecule has 0 aromatic heterocycles. The summed E-state index contributed by atoms with van der Waals surface area (Å²) in [5.41, 5.74) is 0. The van der Waals surface area contributed by atoms with Gasteiger partial charge >= 0.3 is 0 Å². The molecule has 0 bridgehead atoms. The third kappa shape index (κ3) is 2.96. The number of hydrogen-bond acceptors (Lipinski definition) is 1. The minimum Gasteiger partial charge on any atom is -0.295 e. The molecule has 1 saturated carbocycles. The zero-order valence-corrected chi connectivity index (χ0v) is 10.5. The van der Waals surface area contributed by atoms with Gasteiger partial charge < -0.3 is 0 Å². The number of rotatable bonds is 3. The Hall–Kier alpha value is -0.590. The van der Waals surface area contributed by atoms with Gasteiger partial charge in [0.05, 0.1) is 0 Å². The Morgan fingerprint density at radius 1 is 1.19 bits per heavy atom. The number of hydrogen-bond donors (Lipinski definition) is 0. The molecule has 2 aliphatic carbocycles. The lowest BCUT2D eigenvalue weighted by Crippen LogP contribution is -2.23. The van der Waals surface area contributed by atoms with Crippen LogP contribution in [0.25, 0.3) is 0 Å². The van der Waals surface area contributed by atoms with Crippen LogP contribution in [0.5, 0.6) is 0 Å². The molecule has 90 valence electrons. The van der Waals surface area contributed by atoms with Gasteiger partial charge in [-0.25, -0.2) is 0 Å². The van der Waals surface area contributed by atoms with Crippen LogP contribution in [0.2, 0.25) is 0 Å². The molecule has 1 unspecified atom stereocenters. The van der Waals surface area contributed by atoms with E-state index in [0.29, 0.717) is 11.7 Å². The predicted octanol–water partition coefficient (Wildman–Crippen LogP) is 4.13. The fraction of sp³-hybridized carbons (Fsp3) is 0.800. The molecule has 0 saturated heterocycles. The van der Waals surface area contributed by atoms with E-state index in [1.54, 1.807) is 0 Å². The molecule has 16 heavy (non-hydrogen) atoms. The first-order valence-electron chi connectivity index (χ1n) is 7.00. The SMILES string of the molecule is CCC[C@H]1CC[C@H](C2C=CC(=O)CC2)CC1. The van der Waals surface area contributed by atoms with E-state index >= 15 is 0 Å². The molecule has 0 radical (unpaired) electrons. The first-order valence-corrected chi connectivity index (χ1v) is 7.00. The Morgan fingerprint density at radius 3 is 2.50 bits per heavy atom. The maximum Gasteiger partial charge on any atom is 0.155 e. The van der Waals surface area contributed by atoms with Crippen molar-refractivity contribution in [3.05, 3.63) is 12.2 Å². The first kappa shape index (κ1) is 11.9. The molecule has 0 aromatic carbocycles. The van der Waals surface area contributed by atoms with Gasteiger partial charge in [0.2, 0.25) is 0 Å². The summed E-state index contributed by atoms with van der Waals surface area (Å²) in [6.45, 7) is 2.29. The molecule has 1 heteroatoms. The zero-order chi connectivity index (χ0) is 11.4. The van der Waals surface area contributed by atoms with E-state index in [1.807, 2.05) is 6.08 Å². The monoisotopic (exact) mass is 220 g/mol. The molecule has 1 nitrogen and oxygen atoms in total. The van der Waals surface area contributed by atoms with Crippen LogP contribution >= 0.6 is 0 Å². The van der Waals surface area contributed by atoms with Crippen molar-refractivity contribution in [1.82, 2.24) is 0 Å². The van der Waals surface area contributed by atoms with E-state index < -0.39 is 0 Å². The maximum absolute atomic E-state index is 11.1. The summed E-state index contributed by atoms with van der Waals surface area (Å²) in [5.74, 6) is 2.91. The van der Waals surface area contributed by atoms with Crippen molar-refractivity contribution in [2.24, 2.45) is 17.8 Å². The van der Waals surface area contributed by atoms with Crippen LogP contribution in [0.1, 0.15) is 58.3 Å². The minimum atomic E-state index is 0.330. The van der Waals surface area contributed by atoms with Gasteiger partial charge in [0.1, 0.15) is 0 Å². The molecule has 1 fully saturated rings. The van der Waals surface area contributed by atoms with Crippen molar-refractivity contribution in [3.63, 3.8) is 0 Å². The number of allylic oxidation sites excluding steroid dienone is 2. The molecular formula is C15H24O. The summed E-state index contributed by atoms with van der Waals surface area (Å²) < 4.78 is 0. The van der Waals surface area contributed by atoms with E-state index in [1.165, 1.54) is 38.5 Å². The van der Waals surface area contributed by atoms with Crippen molar-refractivity contribution in [2.75, 3.05) is 0 Å². The fourth-order valence-electron chi connectivity index (χ4n) is 3.43. The maximum atomic E-state index is 11.1. The summed E-state index contributed by atoms with van der Waals surface area (Å²) >= 11 is 0. The lowest BCUT2D eigenvalue weighted by Gasteiger charge is -2.33. The third-order valence-electron chi connectivity index (χ3n) is 4.45. The van der Waals surface area contributed by atoms with Crippen molar-refractivity contribution >= 4 is 5.78 Å². The molecule has 0 spiro atoms. The second kappa shape index (κ2) is 5.65. The summed E-state index contributed by atoms with van der Waals surface area (Å²) in [7, 11) is 0. The van der Waals surface area contributed by atoms with Crippen molar-refractivity contribution in [1.29, 1.82) is 0 Å². The van der Waals surface area contributed by atoms with Crippen molar-refractivity contribution < 1.29 is 4.79 Å². The summed E-state index contributed by atoms with van der Waals surface area (Å²) in [4.78, 5) is 11.1. The average molecular weight is 220 g/mol. The van der Waals surface area contributed by atoms with Crippen LogP contribution < -0.4 is 0 Å². The van der Waals surface area contributed by atoms with Gasteiger partial charge in [-0.1, -0.05) is 38.7 Å². The smallest absolute Gasteiger partial charge is 0.155 e. The molecule has 2 aliphatic rings. The van der Waals surface area contributed by atoms with Gasteiger partial charge in [-0.2, -0.15) is 0 Å². The Balaban J connectivity index is 1.80. The molecule has 0 aliphatic heterocycles. The molecule has 0 N–H and O–H groups in total. The Morgan fingerprint density at radius 2 is 1.94 bits per heavy atom. The van der Waals surface area contributed by atoms with Crippen molar-refractivity contribution in [2.45, 2.75) is 58.3 Å². The second-order valence-electron chi connectivity index (χ2n) is 5.60. The summed E-state index contributed by atoms with van der Waals surface area (Å²) in [6, 6.07) is 0. The Labute approximate surface area is 99.3 Å². The molecule has 1 atom stereocenters. The predicted molar refractivity (Wildman–Crippen MR) is 67.2 cm³/mol. The van der Waals surface area contributed by atoms with E-state index in [4.69, 9.17) is 0 Å². The highest BCUT2D eigenvalue weighted by molar-refractivity contribution is 5.90. The highest BCUT2D eigenvalue weighted by atomic mass is 16.1. The molecule has 2 rings (SSSR count). The van der Waals surface area contributed by atoms with Gasteiger partial charge in [-0.15, -0.1) is 0 Å². The lowest BCUT2D eigenvalue weighted by molar-refractivity contribution is -0.115. The molecule has 0 heterocycles. The first-order chi connectivity index (χ1) is 7.79. The van der Waals surface area contributed by atoms with Crippen LogP contribution in [0.4, 0.5) is 0 Å². The van der Waals surface area contributed by atoms with Gasteiger partial charge in [0.15, 0.2) is 5.78 Å². The highest BCUT2D eigenvalue weighted by Crippen LogP contribution is 2.38. The summed E-state index contributed by atoms with van der Waals surface area (Å²) in [6.07, 6.45) is 14.3. The zero-order valence-electron chi connectivity index (χ0n) is 10.5. The average Bonchev–Trinajstić information content (AvgIpc) is 2.32. The van der Waals surface area contributed by atoms with Crippen LogP contribution in [0, 0.1) is 17.8 Å². The normalized spacial score (nSPS) is 35.3. The Kier molecular flexibility index (Phi) is 4.20. The van der Waals surface area contributed by atoms with Gasteiger partial charge in [-0.3, -0.25) is 4.79 Å².